The van der Waals surface area contributed by atoms with E-state index in [0.717, 1.165) is 15.9 Å². The standard InChI is InChI=1S/C17H17N7O2S/c1-24-6-4-14(23-24)21-17-19-5-3-10(20-17)9-26-11-7-12(25-2)15-13(8-11)27-16(18)22-15/h3-8H,9H2,1-2H3,(H2,18,22)(H,19,20,21,23). The van der Waals surface area contributed by atoms with Gasteiger partial charge in [-0.3, -0.25) is 4.68 Å². The van der Waals surface area contributed by atoms with Gasteiger partial charge >= 0.3 is 0 Å². The van der Waals surface area contributed by atoms with Crippen LogP contribution in [0.1, 0.15) is 5.69 Å². The van der Waals surface area contributed by atoms with E-state index in [1.807, 2.05) is 25.4 Å². The molecule has 0 bridgehead atoms. The number of nitrogens with one attached hydrogen (secondary N) is 1. The van der Waals surface area contributed by atoms with Gasteiger partial charge in [0.1, 0.15) is 23.6 Å². The fourth-order valence-corrected chi connectivity index (χ4v) is 3.30. The van der Waals surface area contributed by atoms with E-state index in [1.54, 1.807) is 30.1 Å². The van der Waals surface area contributed by atoms with Crippen molar-refractivity contribution in [1.29, 1.82) is 0 Å². The first-order valence-electron chi connectivity index (χ1n) is 8.06. The molecular formula is C17H17N7O2S. The number of aryl methyl sites for hydroxylation is 1. The van der Waals surface area contributed by atoms with E-state index in [4.69, 9.17) is 15.2 Å². The lowest BCUT2D eigenvalue weighted by Gasteiger charge is -2.09. The number of ether oxygens (including phenoxy) is 2. The summed E-state index contributed by atoms with van der Waals surface area (Å²) < 4.78 is 13.9. The SMILES string of the molecule is COc1cc(OCc2ccnc(Nc3ccn(C)n3)n2)cc2sc(N)nc12. The molecule has 0 aliphatic rings. The number of thiazole rings is 1. The van der Waals surface area contributed by atoms with Gasteiger partial charge in [-0.25, -0.2) is 15.0 Å². The maximum absolute atomic E-state index is 5.88. The zero-order valence-electron chi connectivity index (χ0n) is 14.7. The third-order valence-electron chi connectivity index (χ3n) is 3.72. The third-order valence-corrected chi connectivity index (χ3v) is 4.55. The van der Waals surface area contributed by atoms with E-state index in [1.165, 1.54) is 11.3 Å². The summed E-state index contributed by atoms with van der Waals surface area (Å²) in [5.74, 6) is 2.41. The third kappa shape index (κ3) is 3.75. The minimum Gasteiger partial charge on any atom is -0.494 e. The van der Waals surface area contributed by atoms with Crippen molar-refractivity contribution in [2.75, 3.05) is 18.2 Å². The molecule has 1 aromatic carbocycles. The Bertz CT molecular complexity index is 1090. The van der Waals surface area contributed by atoms with Crippen molar-refractivity contribution in [3.63, 3.8) is 0 Å². The number of nitrogen functional groups attached to an aromatic ring is 1. The zero-order chi connectivity index (χ0) is 18.8. The van der Waals surface area contributed by atoms with E-state index < -0.39 is 0 Å². The van der Waals surface area contributed by atoms with E-state index in [2.05, 4.69) is 25.4 Å². The van der Waals surface area contributed by atoms with Gasteiger partial charge in [0.25, 0.3) is 0 Å². The molecule has 0 atom stereocenters. The number of fused-ring (bicyclic) bond motifs is 1. The maximum Gasteiger partial charge on any atom is 0.228 e. The molecule has 0 saturated carbocycles. The first-order chi connectivity index (χ1) is 13.1. The predicted octanol–water partition coefficient (Wildman–Crippen LogP) is 2.73. The number of aromatic nitrogens is 5. The Balaban J connectivity index is 1.50. The van der Waals surface area contributed by atoms with Gasteiger partial charge in [-0.15, -0.1) is 0 Å². The van der Waals surface area contributed by atoms with Crippen molar-refractivity contribution in [2.24, 2.45) is 7.05 Å². The van der Waals surface area contributed by atoms with Crippen LogP contribution < -0.4 is 20.5 Å². The lowest BCUT2D eigenvalue weighted by molar-refractivity contribution is 0.299. The highest BCUT2D eigenvalue weighted by molar-refractivity contribution is 7.22. The molecule has 4 rings (SSSR count). The predicted molar refractivity (Wildman–Crippen MR) is 103 cm³/mol. The van der Waals surface area contributed by atoms with Gasteiger partial charge in [-0.1, -0.05) is 11.3 Å². The molecule has 0 aliphatic carbocycles. The Morgan fingerprint density at radius 2 is 2.15 bits per heavy atom. The lowest BCUT2D eigenvalue weighted by Crippen LogP contribution is -2.03. The van der Waals surface area contributed by atoms with Gasteiger partial charge in [-0.05, 0) is 12.1 Å². The fraction of sp³-hybridized carbons (Fsp3) is 0.176. The molecule has 0 spiro atoms. The van der Waals surface area contributed by atoms with Crippen LogP contribution >= 0.6 is 11.3 Å². The second kappa shape index (κ2) is 7.08. The summed E-state index contributed by atoms with van der Waals surface area (Å²) in [5, 5.41) is 7.79. The molecule has 4 aromatic rings. The van der Waals surface area contributed by atoms with Crippen LogP contribution in [0, 0.1) is 0 Å². The summed E-state index contributed by atoms with van der Waals surface area (Å²) in [7, 11) is 3.44. The molecule has 0 saturated heterocycles. The molecule has 3 aromatic heterocycles. The van der Waals surface area contributed by atoms with Crippen LogP contribution in [0.2, 0.25) is 0 Å². The molecular weight excluding hydrogens is 366 g/mol. The second-order valence-corrected chi connectivity index (χ2v) is 6.75. The smallest absolute Gasteiger partial charge is 0.228 e. The highest BCUT2D eigenvalue weighted by Gasteiger charge is 2.11. The van der Waals surface area contributed by atoms with Crippen molar-refractivity contribution >= 4 is 38.5 Å². The molecule has 0 amide bonds. The van der Waals surface area contributed by atoms with E-state index >= 15 is 0 Å². The van der Waals surface area contributed by atoms with Gasteiger partial charge in [-0.2, -0.15) is 5.10 Å². The quantitative estimate of drug-likeness (QED) is 0.522. The van der Waals surface area contributed by atoms with Gasteiger partial charge in [0.15, 0.2) is 10.9 Å². The van der Waals surface area contributed by atoms with Crippen LogP contribution in [-0.2, 0) is 13.7 Å². The van der Waals surface area contributed by atoms with Crippen LogP contribution in [0.5, 0.6) is 11.5 Å². The Morgan fingerprint density at radius 1 is 1.26 bits per heavy atom. The maximum atomic E-state index is 5.88. The molecule has 10 heteroatoms. The largest absolute Gasteiger partial charge is 0.494 e. The van der Waals surface area contributed by atoms with Crippen molar-refractivity contribution in [1.82, 2.24) is 24.7 Å². The molecule has 138 valence electrons. The van der Waals surface area contributed by atoms with Crippen LogP contribution in [0.3, 0.4) is 0 Å². The summed E-state index contributed by atoms with van der Waals surface area (Å²) in [6.07, 6.45) is 3.51. The number of nitrogens with two attached hydrogens (primary N) is 1. The van der Waals surface area contributed by atoms with Gasteiger partial charge in [0.2, 0.25) is 5.95 Å². The monoisotopic (exact) mass is 383 g/mol. The highest BCUT2D eigenvalue weighted by atomic mass is 32.1. The first-order valence-corrected chi connectivity index (χ1v) is 8.88. The number of rotatable bonds is 6. The zero-order valence-corrected chi connectivity index (χ0v) is 15.5. The number of hydrogen-bond donors (Lipinski definition) is 2. The topological polar surface area (TPSA) is 113 Å². The van der Waals surface area contributed by atoms with Crippen LogP contribution in [0.25, 0.3) is 10.2 Å². The normalized spacial score (nSPS) is 10.9. The number of hydrogen-bond acceptors (Lipinski definition) is 9. The molecule has 0 aliphatic heterocycles. The van der Waals surface area contributed by atoms with Gasteiger partial charge < -0.3 is 20.5 Å². The second-order valence-electron chi connectivity index (χ2n) is 5.68. The molecule has 9 nitrogen and oxygen atoms in total. The van der Waals surface area contributed by atoms with Gasteiger partial charge in [0, 0.05) is 31.6 Å². The summed E-state index contributed by atoms with van der Waals surface area (Å²) >= 11 is 1.39. The molecule has 3 N–H and O–H groups in total. The van der Waals surface area contributed by atoms with E-state index in [-0.39, 0.29) is 6.61 Å². The average Bonchev–Trinajstić information content (AvgIpc) is 3.23. The molecule has 3 heterocycles. The van der Waals surface area contributed by atoms with Crippen LogP contribution in [-0.4, -0.2) is 31.8 Å². The molecule has 0 radical (unpaired) electrons. The Labute approximate surface area is 158 Å². The first kappa shape index (κ1) is 17.0. The highest BCUT2D eigenvalue weighted by Crippen LogP contribution is 2.35. The van der Waals surface area contributed by atoms with E-state index in [0.29, 0.717) is 28.4 Å². The van der Waals surface area contributed by atoms with Crippen molar-refractivity contribution in [3.8, 4) is 11.5 Å². The van der Waals surface area contributed by atoms with Crippen molar-refractivity contribution in [3.05, 3.63) is 42.4 Å². The van der Waals surface area contributed by atoms with E-state index in [9.17, 15) is 0 Å². The Kier molecular flexibility index (Phi) is 4.47. The van der Waals surface area contributed by atoms with Gasteiger partial charge in [0.05, 0.1) is 17.5 Å². The van der Waals surface area contributed by atoms with Crippen molar-refractivity contribution < 1.29 is 9.47 Å². The minimum absolute atomic E-state index is 0.280. The number of benzene rings is 1. The number of methoxy groups -OCH3 is 1. The molecule has 0 unspecified atom stereocenters. The fourth-order valence-electron chi connectivity index (χ4n) is 2.52. The Hall–Kier alpha value is -3.40. The summed E-state index contributed by atoms with van der Waals surface area (Å²) in [6, 6.07) is 7.31. The summed E-state index contributed by atoms with van der Waals surface area (Å²) in [5.41, 5.74) is 7.25. The molecule has 0 fully saturated rings. The molecule has 27 heavy (non-hydrogen) atoms. The minimum atomic E-state index is 0.280. The average molecular weight is 383 g/mol. The van der Waals surface area contributed by atoms with Crippen LogP contribution in [0.4, 0.5) is 16.9 Å². The summed E-state index contributed by atoms with van der Waals surface area (Å²) in [4.78, 5) is 12.9. The van der Waals surface area contributed by atoms with Crippen molar-refractivity contribution in [2.45, 2.75) is 6.61 Å². The summed E-state index contributed by atoms with van der Waals surface area (Å²) in [6.45, 7) is 0.280. The number of nitrogens with zero attached hydrogens (tertiary/aromatic N) is 5. The lowest BCUT2D eigenvalue weighted by atomic mass is 10.3. The Morgan fingerprint density at radius 3 is 2.93 bits per heavy atom. The van der Waals surface area contributed by atoms with Crippen LogP contribution in [0.15, 0.2) is 36.7 Å². The number of anilines is 3.